The molecule has 3 aromatic rings. The minimum absolute atomic E-state index is 0.0377. The van der Waals surface area contributed by atoms with E-state index in [4.69, 9.17) is 9.72 Å². The molecule has 3 atom stereocenters. The van der Waals surface area contributed by atoms with E-state index in [1.807, 2.05) is 37.3 Å². The molecule has 1 saturated carbocycles. The summed E-state index contributed by atoms with van der Waals surface area (Å²) in [5.41, 5.74) is 5.33. The number of likely N-dealkylation sites (N-methyl/N-ethyl adjacent to an activating group) is 1. The molecule has 222 valence electrons. The Bertz CT molecular complexity index is 1480. The molecule has 1 aliphatic carbocycles. The van der Waals surface area contributed by atoms with Crippen molar-refractivity contribution in [3.63, 3.8) is 0 Å². The summed E-state index contributed by atoms with van der Waals surface area (Å²) in [6.07, 6.45) is 0.815. The highest BCUT2D eigenvalue weighted by Crippen LogP contribution is 2.45. The van der Waals surface area contributed by atoms with Gasteiger partial charge in [0.1, 0.15) is 18.9 Å². The molecule has 2 bridgehead atoms. The highest BCUT2D eigenvalue weighted by atomic mass is 32.1. The van der Waals surface area contributed by atoms with Crippen LogP contribution in [0.3, 0.4) is 0 Å². The molecule has 2 aliphatic heterocycles. The summed E-state index contributed by atoms with van der Waals surface area (Å²) in [4.78, 5) is 35.7. The first-order valence-corrected chi connectivity index (χ1v) is 15.5. The number of hydrogen-bond donors (Lipinski definition) is 2. The van der Waals surface area contributed by atoms with Crippen LogP contribution in [0.2, 0.25) is 0 Å². The van der Waals surface area contributed by atoms with Crippen molar-refractivity contribution in [2.45, 2.75) is 39.6 Å². The maximum Gasteiger partial charge on any atom is 0.254 e. The van der Waals surface area contributed by atoms with Gasteiger partial charge in [0.2, 0.25) is 5.91 Å². The van der Waals surface area contributed by atoms with Crippen LogP contribution in [0, 0.1) is 31.6 Å². The number of aryl methyl sites for hydroxylation is 2. The van der Waals surface area contributed by atoms with Gasteiger partial charge in [-0.3, -0.25) is 9.59 Å². The number of carbonyl (C=O) groups excluding carboxylic acids is 2. The maximum absolute atomic E-state index is 13.1. The van der Waals surface area contributed by atoms with Gasteiger partial charge in [0.05, 0.1) is 5.69 Å². The third-order valence-electron chi connectivity index (χ3n) is 9.08. The summed E-state index contributed by atoms with van der Waals surface area (Å²) in [6, 6.07) is 11.8. The van der Waals surface area contributed by atoms with Gasteiger partial charge in [-0.05, 0) is 67.9 Å². The SMILES string of the molecule is Cc1ccc(OCc2ccc(C(=O)N3CCN(C)C(=O)C3)c(C)c2)c(-c2csc(N3CC4CC[C@H](C3)C4C(O)O)n2)c1. The Hall–Kier alpha value is -3.47. The summed E-state index contributed by atoms with van der Waals surface area (Å²) in [7, 11) is 1.76. The first-order chi connectivity index (χ1) is 20.2. The minimum Gasteiger partial charge on any atom is -0.488 e. The molecule has 2 saturated heterocycles. The van der Waals surface area contributed by atoms with E-state index in [9.17, 15) is 19.8 Å². The van der Waals surface area contributed by atoms with E-state index in [0.717, 1.165) is 64.8 Å². The lowest BCUT2D eigenvalue weighted by Crippen LogP contribution is -2.50. The van der Waals surface area contributed by atoms with E-state index in [2.05, 4.69) is 23.3 Å². The second-order valence-corrected chi connectivity index (χ2v) is 12.8. The number of benzene rings is 2. The standard InChI is InChI=1S/C32H38N4O5S/c1-19-4-9-27(41-17-21-5-8-24(20(2)13-21)30(38)35-11-10-34(3)28(37)16-35)25(12-19)26-18-42-32(33-26)36-14-22-6-7-23(15-36)29(22)31(39)40/h4-5,8-9,12-13,18,22-23,29,31,39-40H,6-7,10-11,14-17H2,1-3H3/t22-,23?,29?/m1/s1. The predicted octanol–water partition coefficient (Wildman–Crippen LogP) is 3.69. The van der Waals surface area contributed by atoms with Gasteiger partial charge in [0, 0.05) is 55.7 Å². The van der Waals surface area contributed by atoms with Gasteiger partial charge < -0.3 is 29.6 Å². The van der Waals surface area contributed by atoms with Crippen LogP contribution in [0.15, 0.2) is 41.8 Å². The average Bonchev–Trinajstić information content (AvgIpc) is 3.56. The highest BCUT2D eigenvalue weighted by molar-refractivity contribution is 7.14. The molecule has 2 unspecified atom stereocenters. The summed E-state index contributed by atoms with van der Waals surface area (Å²) in [5.74, 6) is 1.10. The average molecular weight is 591 g/mol. The van der Waals surface area contributed by atoms with Crippen LogP contribution < -0.4 is 9.64 Å². The maximum atomic E-state index is 13.1. The summed E-state index contributed by atoms with van der Waals surface area (Å²) in [6.45, 7) is 7.09. The third-order valence-corrected chi connectivity index (χ3v) is 9.99. The second kappa shape index (κ2) is 11.7. The number of nitrogens with zero attached hydrogens (tertiary/aromatic N) is 4. The highest BCUT2D eigenvalue weighted by Gasteiger charge is 2.45. The van der Waals surface area contributed by atoms with Crippen molar-refractivity contribution < 1.29 is 24.5 Å². The Morgan fingerprint density at radius 3 is 2.55 bits per heavy atom. The molecule has 3 heterocycles. The first kappa shape index (κ1) is 28.6. The Balaban J connectivity index is 1.14. The molecule has 9 nitrogen and oxygen atoms in total. The molecule has 3 aliphatic rings. The topological polar surface area (TPSA) is 106 Å². The quantitative estimate of drug-likeness (QED) is 0.405. The normalized spacial score (nSPS) is 22.3. The molecular formula is C32H38N4O5S. The molecule has 0 radical (unpaired) electrons. The molecule has 0 spiro atoms. The summed E-state index contributed by atoms with van der Waals surface area (Å²) >= 11 is 1.61. The van der Waals surface area contributed by atoms with Crippen molar-refractivity contribution in [2.75, 3.05) is 44.7 Å². The van der Waals surface area contributed by atoms with Crippen molar-refractivity contribution in [3.8, 4) is 17.0 Å². The fourth-order valence-corrected chi connectivity index (χ4v) is 7.58. The van der Waals surface area contributed by atoms with E-state index < -0.39 is 6.29 Å². The van der Waals surface area contributed by atoms with Gasteiger partial charge >= 0.3 is 0 Å². The van der Waals surface area contributed by atoms with Crippen LogP contribution in [0.4, 0.5) is 5.13 Å². The summed E-state index contributed by atoms with van der Waals surface area (Å²) < 4.78 is 6.32. The summed E-state index contributed by atoms with van der Waals surface area (Å²) in [5, 5.41) is 22.7. The van der Waals surface area contributed by atoms with Crippen molar-refractivity contribution in [3.05, 3.63) is 64.0 Å². The fraction of sp³-hybridized carbons (Fsp3) is 0.469. The molecule has 2 N–H and O–H groups in total. The number of piperidine rings is 1. The number of amides is 2. The predicted molar refractivity (Wildman–Crippen MR) is 161 cm³/mol. The molecule has 42 heavy (non-hydrogen) atoms. The van der Waals surface area contributed by atoms with Crippen LogP contribution in [-0.4, -0.2) is 82.9 Å². The molecule has 10 heteroatoms. The third kappa shape index (κ3) is 5.63. The number of aliphatic hydroxyl groups is 2. The number of aliphatic hydroxyl groups excluding tert-OH is 1. The lowest BCUT2D eigenvalue weighted by Gasteiger charge is -2.38. The van der Waals surface area contributed by atoms with Crippen molar-refractivity contribution in [2.24, 2.45) is 17.8 Å². The molecule has 6 rings (SSSR count). The number of ether oxygens (including phenoxy) is 1. The largest absolute Gasteiger partial charge is 0.488 e. The van der Waals surface area contributed by atoms with Crippen LogP contribution in [0.25, 0.3) is 11.3 Å². The van der Waals surface area contributed by atoms with Crippen LogP contribution in [-0.2, 0) is 11.4 Å². The Morgan fingerprint density at radius 1 is 1.10 bits per heavy atom. The lowest BCUT2D eigenvalue weighted by molar-refractivity contribution is -0.133. The van der Waals surface area contributed by atoms with Crippen LogP contribution >= 0.6 is 11.3 Å². The fourth-order valence-electron chi connectivity index (χ4n) is 6.73. The van der Waals surface area contributed by atoms with E-state index in [0.29, 0.717) is 25.3 Å². The van der Waals surface area contributed by atoms with E-state index in [-0.39, 0.29) is 36.1 Å². The monoisotopic (exact) mass is 590 g/mol. The minimum atomic E-state index is -1.24. The Kier molecular flexibility index (Phi) is 7.95. The van der Waals surface area contributed by atoms with E-state index in [1.165, 1.54) is 0 Å². The van der Waals surface area contributed by atoms with Crippen molar-refractivity contribution in [1.82, 2.24) is 14.8 Å². The van der Waals surface area contributed by atoms with E-state index >= 15 is 0 Å². The van der Waals surface area contributed by atoms with Crippen LogP contribution in [0.1, 0.15) is 39.9 Å². The number of piperazine rings is 1. The zero-order valence-corrected chi connectivity index (χ0v) is 25.1. The van der Waals surface area contributed by atoms with Crippen molar-refractivity contribution in [1.29, 1.82) is 0 Å². The van der Waals surface area contributed by atoms with Crippen molar-refractivity contribution >= 4 is 28.3 Å². The number of anilines is 1. The molecule has 2 aromatic carbocycles. The number of thiazole rings is 1. The van der Waals surface area contributed by atoms with Gasteiger partial charge in [-0.15, -0.1) is 11.3 Å². The zero-order valence-electron chi connectivity index (χ0n) is 24.3. The zero-order chi connectivity index (χ0) is 29.5. The number of rotatable bonds is 7. The smallest absolute Gasteiger partial charge is 0.254 e. The Morgan fingerprint density at radius 2 is 1.86 bits per heavy atom. The molecule has 2 amide bonds. The second-order valence-electron chi connectivity index (χ2n) is 12.0. The first-order valence-electron chi connectivity index (χ1n) is 14.6. The van der Waals surface area contributed by atoms with Gasteiger partial charge in [0.25, 0.3) is 5.91 Å². The number of carbonyl (C=O) groups is 2. The number of fused-ring (bicyclic) bond motifs is 2. The molecule has 1 aromatic heterocycles. The van der Waals surface area contributed by atoms with Crippen LogP contribution in [0.5, 0.6) is 5.75 Å². The van der Waals surface area contributed by atoms with Gasteiger partial charge in [-0.2, -0.15) is 0 Å². The number of aromatic nitrogens is 1. The van der Waals surface area contributed by atoms with Gasteiger partial charge in [0.15, 0.2) is 11.4 Å². The van der Waals surface area contributed by atoms with E-state index in [1.54, 1.807) is 28.2 Å². The van der Waals surface area contributed by atoms with Gasteiger partial charge in [-0.25, -0.2) is 4.98 Å². The molecular weight excluding hydrogens is 552 g/mol. The number of hydrogen-bond acceptors (Lipinski definition) is 8. The molecule has 3 fully saturated rings. The lowest BCUT2D eigenvalue weighted by atomic mass is 9.85. The van der Waals surface area contributed by atoms with Gasteiger partial charge in [-0.1, -0.05) is 23.8 Å². The Labute approximate surface area is 250 Å².